The van der Waals surface area contributed by atoms with Crippen LogP contribution in [0.5, 0.6) is 0 Å². The lowest BCUT2D eigenvalue weighted by Gasteiger charge is -2.34. The summed E-state index contributed by atoms with van der Waals surface area (Å²) < 4.78 is 0. The molecule has 2 atom stereocenters. The van der Waals surface area contributed by atoms with Crippen LogP contribution in [0.15, 0.2) is 0 Å². The van der Waals surface area contributed by atoms with E-state index in [1.165, 1.54) is 0 Å². The summed E-state index contributed by atoms with van der Waals surface area (Å²) in [6.07, 6.45) is 2.18. The van der Waals surface area contributed by atoms with Crippen LogP contribution in [0.2, 0.25) is 0 Å². The molecule has 1 fully saturated rings. The van der Waals surface area contributed by atoms with Gasteiger partial charge >= 0.3 is 18.0 Å². The molecule has 0 saturated carbocycles. The lowest BCUT2D eigenvalue weighted by atomic mass is 10.0. The van der Waals surface area contributed by atoms with E-state index in [1.54, 1.807) is 4.90 Å². The quantitative estimate of drug-likeness (QED) is 0.680. The van der Waals surface area contributed by atoms with Crippen molar-refractivity contribution in [3.8, 4) is 0 Å². The lowest BCUT2D eigenvalue weighted by molar-refractivity contribution is -0.145. The van der Waals surface area contributed by atoms with Gasteiger partial charge in [0, 0.05) is 12.6 Å². The summed E-state index contributed by atoms with van der Waals surface area (Å²) >= 11 is 0. The van der Waals surface area contributed by atoms with Crippen LogP contribution in [0.25, 0.3) is 0 Å². The largest absolute Gasteiger partial charge is 0.481 e. The molecule has 0 aromatic heterocycles. The first-order valence-electron chi connectivity index (χ1n) is 5.93. The van der Waals surface area contributed by atoms with Crippen LogP contribution in [0, 0.1) is 0 Å². The van der Waals surface area contributed by atoms with Gasteiger partial charge in [0.2, 0.25) is 0 Å². The summed E-state index contributed by atoms with van der Waals surface area (Å²) in [6, 6.07) is -1.84. The Morgan fingerprint density at radius 1 is 1.33 bits per heavy atom. The number of carbonyl (C=O) groups is 3. The van der Waals surface area contributed by atoms with E-state index in [2.05, 4.69) is 5.32 Å². The predicted octanol–water partition coefficient (Wildman–Crippen LogP) is 0.498. The average molecular weight is 258 g/mol. The molecule has 1 heterocycles. The molecule has 0 aromatic carbocycles. The molecule has 7 nitrogen and oxygen atoms in total. The monoisotopic (exact) mass is 258 g/mol. The number of rotatable bonds is 4. The number of nitrogens with zero attached hydrogens (tertiary/aromatic N) is 1. The van der Waals surface area contributed by atoms with Gasteiger partial charge in [-0.2, -0.15) is 0 Å². The first-order chi connectivity index (χ1) is 8.41. The fraction of sp³-hybridized carbons (Fsp3) is 0.727. The summed E-state index contributed by atoms with van der Waals surface area (Å²) in [5.74, 6) is -2.59. The molecule has 0 aliphatic carbocycles. The van der Waals surface area contributed by atoms with Gasteiger partial charge in [0.1, 0.15) is 6.04 Å². The van der Waals surface area contributed by atoms with Crippen LogP contribution in [0.1, 0.15) is 32.6 Å². The highest BCUT2D eigenvalue weighted by Crippen LogP contribution is 2.16. The third-order valence-corrected chi connectivity index (χ3v) is 3.04. The number of carbonyl (C=O) groups excluding carboxylic acids is 1. The molecule has 0 spiro atoms. The highest BCUT2D eigenvalue weighted by atomic mass is 16.4. The van der Waals surface area contributed by atoms with Gasteiger partial charge in [-0.1, -0.05) is 0 Å². The number of hydrogen-bond donors (Lipinski definition) is 3. The van der Waals surface area contributed by atoms with E-state index in [1.807, 2.05) is 6.92 Å². The fourth-order valence-corrected chi connectivity index (χ4v) is 2.01. The molecular weight excluding hydrogens is 240 g/mol. The maximum atomic E-state index is 11.9. The second-order valence-corrected chi connectivity index (χ2v) is 4.48. The zero-order valence-corrected chi connectivity index (χ0v) is 10.3. The number of carboxylic acids is 2. The normalized spacial score (nSPS) is 21.2. The second kappa shape index (κ2) is 6.23. The predicted molar refractivity (Wildman–Crippen MR) is 62.2 cm³/mol. The number of urea groups is 1. The van der Waals surface area contributed by atoms with Gasteiger partial charge < -0.3 is 20.4 Å². The number of aliphatic carboxylic acids is 2. The molecule has 18 heavy (non-hydrogen) atoms. The standard InChI is InChI=1S/C11H18N2O5/c1-7-4-2-3-5-13(7)11(18)12-8(10(16)17)6-9(14)15/h7-8H,2-6H2,1H3,(H,12,18)(H,14,15)(H,16,17)/t7?,8-/m1/s1. The molecule has 102 valence electrons. The van der Waals surface area contributed by atoms with E-state index in [0.29, 0.717) is 6.54 Å². The third kappa shape index (κ3) is 3.90. The number of carboxylic acid groups (broad SMARTS) is 2. The van der Waals surface area contributed by atoms with Gasteiger partial charge in [-0.05, 0) is 26.2 Å². The molecule has 1 rings (SSSR count). The van der Waals surface area contributed by atoms with Crippen molar-refractivity contribution in [3.05, 3.63) is 0 Å². The van der Waals surface area contributed by atoms with Crippen molar-refractivity contribution in [2.24, 2.45) is 0 Å². The van der Waals surface area contributed by atoms with Crippen molar-refractivity contribution in [1.82, 2.24) is 10.2 Å². The molecule has 1 aliphatic heterocycles. The minimum absolute atomic E-state index is 0.0537. The average Bonchev–Trinajstić information content (AvgIpc) is 2.27. The van der Waals surface area contributed by atoms with Crippen molar-refractivity contribution in [2.45, 2.75) is 44.7 Å². The van der Waals surface area contributed by atoms with Crippen LogP contribution in [-0.4, -0.2) is 51.7 Å². The van der Waals surface area contributed by atoms with E-state index in [-0.39, 0.29) is 6.04 Å². The van der Waals surface area contributed by atoms with Crippen LogP contribution in [0.4, 0.5) is 4.79 Å². The Bertz CT molecular complexity index is 344. The maximum absolute atomic E-state index is 11.9. The Hall–Kier alpha value is -1.79. The lowest BCUT2D eigenvalue weighted by Crippen LogP contribution is -2.52. The Morgan fingerprint density at radius 2 is 2.00 bits per heavy atom. The van der Waals surface area contributed by atoms with Gasteiger partial charge in [0.05, 0.1) is 6.42 Å². The van der Waals surface area contributed by atoms with Crippen LogP contribution < -0.4 is 5.32 Å². The molecular formula is C11H18N2O5. The number of nitrogens with one attached hydrogen (secondary N) is 1. The number of hydrogen-bond acceptors (Lipinski definition) is 3. The number of amides is 2. The molecule has 3 N–H and O–H groups in total. The van der Waals surface area contributed by atoms with Crippen LogP contribution >= 0.6 is 0 Å². The van der Waals surface area contributed by atoms with E-state index in [4.69, 9.17) is 10.2 Å². The van der Waals surface area contributed by atoms with Gasteiger partial charge in [-0.15, -0.1) is 0 Å². The van der Waals surface area contributed by atoms with Crippen molar-refractivity contribution in [3.63, 3.8) is 0 Å². The molecule has 2 amide bonds. The van der Waals surface area contributed by atoms with E-state index >= 15 is 0 Å². The summed E-state index contributed by atoms with van der Waals surface area (Å²) in [5.41, 5.74) is 0. The zero-order valence-electron chi connectivity index (χ0n) is 10.3. The molecule has 7 heteroatoms. The van der Waals surface area contributed by atoms with Crippen LogP contribution in [0.3, 0.4) is 0 Å². The number of piperidine rings is 1. The van der Waals surface area contributed by atoms with E-state index in [0.717, 1.165) is 19.3 Å². The van der Waals surface area contributed by atoms with Crippen molar-refractivity contribution in [1.29, 1.82) is 0 Å². The molecule has 0 bridgehead atoms. The fourth-order valence-electron chi connectivity index (χ4n) is 2.01. The number of likely N-dealkylation sites (tertiary alicyclic amines) is 1. The topological polar surface area (TPSA) is 107 Å². The SMILES string of the molecule is CC1CCCCN1C(=O)N[C@H](CC(=O)O)C(=O)O. The smallest absolute Gasteiger partial charge is 0.326 e. The third-order valence-electron chi connectivity index (χ3n) is 3.04. The Morgan fingerprint density at radius 3 is 2.50 bits per heavy atom. The minimum Gasteiger partial charge on any atom is -0.481 e. The molecule has 1 unspecified atom stereocenters. The molecule has 0 radical (unpaired) electrons. The van der Waals surface area contributed by atoms with Crippen LogP contribution in [-0.2, 0) is 9.59 Å². The Labute approximate surface area is 105 Å². The van der Waals surface area contributed by atoms with Gasteiger partial charge in [-0.3, -0.25) is 4.79 Å². The summed E-state index contributed by atoms with van der Waals surface area (Å²) in [4.78, 5) is 34.8. The zero-order chi connectivity index (χ0) is 13.7. The first-order valence-corrected chi connectivity index (χ1v) is 5.93. The molecule has 1 saturated heterocycles. The highest BCUT2D eigenvalue weighted by Gasteiger charge is 2.28. The molecule has 0 aromatic rings. The van der Waals surface area contributed by atoms with Crippen molar-refractivity contribution < 1.29 is 24.6 Å². The maximum Gasteiger partial charge on any atom is 0.326 e. The first kappa shape index (κ1) is 14.3. The summed E-state index contributed by atoms with van der Waals surface area (Å²) in [5, 5.41) is 19.7. The van der Waals surface area contributed by atoms with Gasteiger partial charge in [0.15, 0.2) is 0 Å². The van der Waals surface area contributed by atoms with Gasteiger partial charge in [0.25, 0.3) is 0 Å². The minimum atomic E-state index is -1.39. The Kier molecular flexibility index (Phi) is 4.94. The highest BCUT2D eigenvalue weighted by molar-refractivity contribution is 5.86. The van der Waals surface area contributed by atoms with E-state index < -0.39 is 30.4 Å². The van der Waals surface area contributed by atoms with E-state index in [9.17, 15) is 14.4 Å². The van der Waals surface area contributed by atoms with Crippen molar-refractivity contribution >= 4 is 18.0 Å². The van der Waals surface area contributed by atoms with Crippen molar-refractivity contribution in [2.75, 3.05) is 6.54 Å². The summed E-state index contributed by atoms with van der Waals surface area (Å²) in [6.45, 7) is 2.47. The molecule has 1 aliphatic rings. The summed E-state index contributed by atoms with van der Waals surface area (Å²) in [7, 11) is 0. The Balaban J connectivity index is 2.59. The second-order valence-electron chi connectivity index (χ2n) is 4.48. The van der Waals surface area contributed by atoms with Gasteiger partial charge in [-0.25, -0.2) is 9.59 Å².